The number of hydrogen-bond acceptors (Lipinski definition) is 5. The molecule has 3 atom stereocenters. The lowest BCUT2D eigenvalue weighted by molar-refractivity contribution is -0.155. The van der Waals surface area contributed by atoms with E-state index >= 15 is 0 Å². The molecule has 5 nitrogen and oxygen atoms in total. The van der Waals surface area contributed by atoms with Crippen molar-refractivity contribution in [3.8, 4) is 0 Å². The number of Topliss-reactive ketones (excluding diaryl/α,β-unsaturated/α-hetero) is 1. The van der Waals surface area contributed by atoms with E-state index in [1.807, 2.05) is 48.5 Å². The fourth-order valence-corrected chi connectivity index (χ4v) is 4.51. The molecule has 26 heavy (non-hydrogen) atoms. The topological polar surface area (TPSA) is 61.8 Å². The van der Waals surface area contributed by atoms with E-state index in [0.717, 1.165) is 6.42 Å². The summed E-state index contributed by atoms with van der Waals surface area (Å²) in [7, 11) is -0.609. The summed E-state index contributed by atoms with van der Waals surface area (Å²) in [6, 6.07) is 0. The Morgan fingerprint density at radius 1 is 0.962 bits per heavy atom. The number of carbonyl (C=O) groups excluding carboxylic acids is 2. The van der Waals surface area contributed by atoms with Crippen LogP contribution in [0, 0.1) is 10.8 Å². The first-order chi connectivity index (χ1) is 11.9. The maximum Gasteiger partial charge on any atom is 0.463 e. The molecule has 3 unspecified atom stereocenters. The van der Waals surface area contributed by atoms with Crippen molar-refractivity contribution in [1.29, 1.82) is 0 Å². The molecule has 0 aromatic carbocycles. The van der Waals surface area contributed by atoms with Crippen LogP contribution in [-0.4, -0.2) is 36.7 Å². The first kappa shape index (κ1) is 21.4. The molecule has 0 aromatic rings. The molecule has 0 N–H and O–H groups in total. The molecule has 0 radical (unpaired) electrons. The number of rotatable bonds is 6. The largest absolute Gasteiger partial charge is 0.466 e. The van der Waals surface area contributed by atoms with E-state index in [0.29, 0.717) is 25.9 Å². The van der Waals surface area contributed by atoms with Gasteiger partial charge in [-0.3, -0.25) is 9.59 Å². The van der Waals surface area contributed by atoms with E-state index < -0.39 is 29.2 Å². The molecule has 0 aromatic heterocycles. The lowest BCUT2D eigenvalue weighted by atomic mass is 9.50. The van der Waals surface area contributed by atoms with Crippen LogP contribution >= 0.6 is 0 Å². The summed E-state index contributed by atoms with van der Waals surface area (Å²) in [5.41, 5.74) is -2.47. The van der Waals surface area contributed by atoms with E-state index in [2.05, 4.69) is 0 Å². The second-order valence-corrected chi connectivity index (χ2v) is 9.33. The summed E-state index contributed by atoms with van der Waals surface area (Å²) in [5, 5.41) is 0. The minimum Gasteiger partial charge on any atom is -0.466 e. The van der Waals surface area contributed by atoms with Crippen LogP contribution in [0.1, 0.15) is 81.1 Å². The van der Waals surface area contributed by atoms with Gasteiger partial charge < -0.3 is 14.0 Å². The van der Waals surface area contributed by atoms with Crippen LogP contribution in [0.3, 0.4) is 0 Å². The quantitative estimate of drug-likeness (QED) is 0.521. The van der Waals surface area contributed by atoms with E-state index in [-0.39, 0.29) is 17.6 Å². The smallest absolute Gasteiger partial charge is 0.463 e. The zero-order valence-electron chi connectivity index (χ0n) is 17.7. The predicted molar refractivity (Wildman–Crippen MR) is 102 cm³/mol. The molecule has 148 valence electrons. The van der Waals surface area contributed by atoms with Crippen molar-refractivity contribution in [2.45, 2.75) is 98.1 Å². The van der Waals surface area contributed by atoms with Gasteiger partial charge in [-0.15, -0.1) is 0 Å². The molecule has 2 aliphatic rings. The van der Waals surface area contributed by atoms with Gasteiger partial charge in [0.05, 0.1) is 23.2 Å². The first-order valence-corrected chi connectivity index (χ1v) is 9.92. The second kappa shape index (κ2) is 6.94. The van der Waals surface area contributed by atoms with Crippen molar-refractivity contribution in [1.82, 2.24) is 0 Å². The maximum absolute atomic E-state index is 13.1. The molecular formula is C20H35BO5. The van der Waals surface area contributed by atoms with Gasteiger partial charge in [0.15, 0.2) is 0 Å². The summed E-state index contributed by atoms with van der Waals surface area (Å²) in [6.45, 7) is 16.0. The second-order valence-electron chi connectivity index (χ2n) is 9.33. The number of hydrogen-bond donors (Lipinski definition) is 0. The Kier molecular flexibility index (Phi) is 5.72. The molecule has 0 bridgehead atoms. The Labute approximate surface area is 158 Å². The minimum absolute atomic E-state index is 0.188. The fourth-order valence-electron chi connectivity index (χ4n) is 4.51. The molecule has 1 aliphatic heterocycles. The van der Waals surface area contributed by atoms with Gasteiger partial charge in [-0.05, 0) is 60.8 Å². The molecule has 1 aliphatic carbocycles. The summed E-state index contributed by atoms with van der Waals surface area (Å²) in [4.78, 5) is 25.9. The molecular weight excluding hydrogens is 331 g/mol. The first-order valence-electron chi connectivity index (χ1n) is 9.92. The molecule has 0 amide bonds. The van der Waals surface area contributed by atoms with Crippen LogP contribution in [0.4, 0.5) is 0 Å². The number of ether oxygens (including phenoxy) is 1. The lowest BCUT2D eigenvalue weighted by Gasteiger charge is -2.38. The molecule has 2 rings (SSSR count). The van der Waals surface area contributed by atoms with Crippen molar-refractivity contribution in [2.75, 3.05) is 6.61 Å². The van der Waals surface area contributed by atoms with Gasteiger partial charge in [0.25, 0.3) is 0 Å². The van der Waals surface area contributed by atoms with Gasteiger partial charge in [-0.25, -0.2) is 0 Å². The zero-order valence-corrected chi connectivity index (χ0v) is 17.7. The third-order valence-corrected chi connectivity index (χ3v) is 6.94. The summed E-state index contributed by atoms with van der Waals surface area (Å²) < 4.78 is 18.0. The average Bonchev–Trinajstić information content (AvgIpc) is 2.91. The zero-order chi connectivity index (χ0) is 20.0. The summed E-state index contributed by atoms with van der Waals surface area (Å²) in [6.07, 6.45) is 2.55. The Morgan fingerprint density at radius 2 is 1.46 bits per heavy atom. The molecule has 1 saturated heterocycles. The normalized spacial score (nSPS) is 35.5. The van der Waals surface area contributed by atoms with E-state index in [1.54, 1.807) is 6.92 Å². The Bertz CT molecular complexity index is 525. The van der Waals surface area contributed by atoms with Crippen molar-refractivity contribution in [3.05, 3.63) is 0 Å². The van der Waals surface area contributed by atoms with Gasteiger partial charge in [-0.1, -0.05) is 13.8 Å². The number of ketones is 1. The van der Waals surface area contributed by atoms with Gasteiger partial charge in [0.1, 0.15) is 5.78 Å². The predicted octanol–water partition coefficient (Wildman–Crippen LogP) is 4.19. The average molecular weight is 366 g/mol. The van der Waals surface area contributed by atoms with Gasteiger partial charge >= 0.3 is 13.1 Å². The molecule has 0 spiro atoms. The fraction of sp³-hybridized carbons (Fsp3) is 0.900. The van der Waals surface area contributed by atoms with Crippen LogP contribution in [0.5, 0.6) is 0 Å². The number of carbonyl (C=O) groups is 2. The van der Waals surface area contributed by atoms with Crippen LogP contribution in [0.25, 0.3) is 0 Å². The van der Waals surface area contributed by atoms with Gasteiger partial charge in [-0.2, -0.15) is 0 Å². The third-order valence-electron chi connectivity index (χ3n) is 6.94. The van der Waals surface area contributed by atoms with Gasteiger partial charge in [0, 0.05) is 17.7 Å². The van der Waals surface area contributed by atoms with Crippen molar-refractivity contribution < 1.29 is 23.6 Å². The SMILES string of the molecule is CCCC(=O)C1(C)CCC(C)(C(=O)OCC)C1B1OC(C)(C)C(C)(C)O1. The Morgan fingerprint density at radius 3 is 1.92 bits per heavy atom. The molecule has 1 saturated carbocycles. The summed E-state index contributed by atoms with van der Waals surface area (Å²) in [5.74, 6) is -0.436. The van der Waals surface area contributed by atoms with E-state index in [4.69, 9.17) is 14.0 Å². The lowest BCUT2D eigenvalue weighted by Crippen LogP contribution is -2.47. The molecule has 1 heterocycles. The number of esters is 1. The summed E-state index contributed by atoms with van der Waals surface area (Å²) >= 11 is 0. The third kappa shape index (κ3) is 3.24. The molecule has 6 heteroatoms. The molecule has 2 fully saturated rings. The highest BCUT2D eigenvalue weighted by molar-refractivity contribution is 6.49. The highest BCUT2D eigenvalue weighted by Gasteiger charge is 2.68. The van der Waals surface area contributed by atoms with Crippen LogP contribution < -0.4 is 0 Å². The minimum atomic E-state index is -0.796. The van der Waals surface area contributed by atoms with Crippen LogP contribution in [0.15, 0.2) is 0 Å². The standard InChI is InChI=1S/C20H35BO5/c1-9-11-14(22)19(7)12-13-20(8,16(23)24-10-2)15(19)21-25-17(3,4)18(5,6)26-21/h15H,9-13H2,1-8H3. The highest BCUT2D eigenvalue weighted by atomic mass is 16.7. The van der Waals surface area contributed by atoms with E-state index in [9.17, 15) is 9.59 Å². The highest BCUT2D eigenvalue weighted by Crippen LogP contribution is 2.63. The van der Waals surface area contributed by atoms with Crippen molar-refractivity contribution in [3.63, 3.8) is 0 Å². The van der Waals surface area contributed by atoms with Crippen molar-refractivity contribution >= 4 is 18.9 Å². The van der Waals surface area contributed by atoms with Crippen molar-refractivity contribution in [2.24, 2.45) is 10.8 Å². The Balaban J connectivity index is 2.48. The van der Waals surface area contributed by atoms with Crippen LogP contribution in [-0.2, 0) is 23.6 Å². The Hall–Kier alpha value is -0.875. The van der Waals surface area contributed by atoms with Crippen LogP contribution in [0.2, 0.25) is 5.82 Å². The maximum atomic E-state index is 13.1. The van der Waals surface area contributed by atoms with Gasteiger partial charge in [0.2, 0.25) is 0 Å². The monoisotopic (exact) mass is 366 g/mol. The van der Waals surface area contributed by atoms with E-state index in [1.165, 1.54) is 0 Å².